The van der Waals surface area contributed by atoms with Gasteiger partial charge in [0.1, 0.15) is 5.76 Å². The average Bonchev–Trinajstić information content (AvgIpc) is 3.49. The summed E-state index contributed by atoms with van der Waals surface area (Å²) in [5.41, 5.74) is 0.906. The number of ketones is 1. The maximum Gasteiger partial charge on any atom is 0.303 e. The molecule has 16 heteroatoms. The Morgan fingerprint density at radius 1 is 0.769 bits per heavy atom. The van der Waals surface area contributed by atoms with Crippen LogP contribution in [-0.2, 0) is 45.4 Å². The van der Waals surface area contributed by atoms with Crippen LogP contribution in [0, 0.1) is 0 Å². The number of hydrogen-bond acceptors (Lipinski definition) is 10. The number of aliphatic carboxylic acids is 2. The molecule has 2 aliphatic heterocycles. The molecule has 0 saturated carbocycles. The van der Waals surface area contributed by atoms with E-state index in [0.29, 0.717) is 85.3 Å². The number of rotatable bonds is 16. The van der Waals surface area contributed by atoms with Crippen molar-refractivity contribution in [1.82, 2.24) is 0 Å². The minimum atomic E-state index is -4.55. The standard InChI is InChI=1S/C36H40N2O12S2/c1-35(15-7-3-5-9-31(39)40)25-17-21(51(45,46)47)11-13-27(25)37-29(35)19-23-33(43)24(34(23)44)20-30-36(2,16-8-4-6-10-32(41)42)26-18-22(52(48,49)50)12-14-28(26)38-30/h11-14,17-20,37,43H,3-10,15-16H2,1-2H3,(H,39,40)(H,41,42)(H,45,46,47)(H,48,49,50)/b24-20+,29-19?. The molecule has 2 unspecified atom stereocenters. The molecule has 1 aliphatic carbocycles. The van der Waals surface area contributed by atoms with Gasteiger partial charge in [0.25, 0.3) is 20.2 Å². The zero-order chi connectivity index (χ0) is 38.2. The molecule has 2 aromatic carbocycles. The Hall–Kier alpha value is -4.64. The first kappa shape index (κ1) is 38.6. The Labute approximate surface area is 301 Å². The third kappa shape index (κ3) is 7.74. The Morgan fingerprint density at radius 3 is 1.85 bits per heavy atom. The smallest absolute Gasteiger partial charge is 0.303 e. The van der Waals surface area contributed by atoms with E-state index < -0.39 is 48.8 Å². The maximum atomic E-state index is 13.7. The molecule has 278 valence electrons. The minimum Gasteiger partial charge on any atom is -0.506 e. The monoisotopic (exact) mass is 756 g/mol. The molecule has 0 spiro atoms. The zero-order valence-electron chi connectivity index (χ0n) is 28.5. The first-order valence-corrected chi connectivity index (χ1v) is 19.6. The minimum absolute atomic E-state index is 0.00658. The summed E-state index contributed by atoms with van der Waals surface area (Å²) < 4.78 is 67.3. The van der Waals surface area contributed by atoms with E-state index in [1.807, 2.05) is 6.92 Å². The van der Waals surface area contributed by atoms with Gasteiger partial charge in [-0.3, -0.25) is 28.5 Å². The van der Waals surface area contributed by atoms with E-state index in [4.69, 9.17) is 10.2 Å². The second-order valence-corrected chi connectivity index (χ2v) is 16.6. The molecule has 0 saturated heterocycles. The van der Waals surface area contributed by atoms with Gasteiger partial charge in [-0.15, -0.1) is 0 Å². The Balaban J connectivity index is 1.48. The summed E-state index contributed by atoms with van der Waals surface area (Å²) >= 11 is 0. The Morgan fingerprint density at radius 2 is 1.31 bits per heavy atom. The van der Waals surface area contributed by atoms with E-state index in [1.54, 1.807) is 6.92 Å². The number of unbranched alkanes of at least 4 members (excludes halogenated alkanes) is 4. The van der Waals surface area contributed by atoms with Gasteiger partial charge in [0.15, 0.2) is 0 Å². The number of nitrogens with one attached hydrogen (secondary N) is 1. The molecular weight excluding hydrogens is 717 g/mol. The number of Topliss-reactive ketones (excluding diaryl/α,β-unsaturated/α-hetero) is 1. The van der Waals surface area contributed by atoms with Crippen molar-refractivity contribution in [3.05, 3.63) is 82.3 Å². The number of allylic oxidation sites excluding steroid dienone is 5. The van der Waals surface area contributed by atoms with E-state index >= 15 is 0 Å². The van der Waals surface area contributed by atoms with Crippen molar-refractivity contribution >= 4 is 55.0 Å². The van der Waals surface area contributed by atoms with Gasteiger partial charge < -0.3 is 20.6 Å². The van der Waals surface area contributed by atoms with Gasteiger partial charge in [-0.2, -0.15) is 16.8 Å². The van der Waals surface area contributed by atoms with Crippen LogP contribution in [0.25, 0.3) is 0 Å². The molecule has 6 N–H and O–H groups in total. The lowest BCUT2D eigenvalue weighted by molar-refractivity contribution is -0.138. The Kier molecular flexibility index (Phi) is 10.7. The highest BCUT2D eigenvalue weighted by molar-refractivity contribution is 7.86. The number of carbonyl (C=O) groups is 3. The number of aliphatic hydroxyl groups is 1. The van der Waals surface area contributed by atoms with Gasteiger partial charge in [-0.25, -0.2) is 0 Å². The van der Waals surface area contributed by atoms with Crippen LogP contribution in [0.2, 0.25) is 0 Å². The molecule has 5 rings (SSSR count). The fourth-order valence-corrected chi connectivity index (χ4v) is 8.07. The topological polar surface area (TPSA) is 245 Å². The van der Waals surface area contributed by atoms with Gasteiger partial charge >= 0.3 is 11.9 Å². The summed E-state index contributed by atoms with van der Waals surface area (Å²) in [6.07, 6.45) is 6.80. The molecule has 0 aromatic heterocycles. The van der Waals surface area contributed by atoms with Crippen LogP contribution in [0.3, 0.4) is 0 Å². The van der Waals surface area contributed by atoms with Crippen LogP contribution in [0.4, 0.5) is 11.4 Å². The summed E-state index contributed by atoms with van der Waals surface area (Å²) in [5.74, 6) is -2.67. The molecular formula is C36H40N2O12S2. The number of carbonyl (C=O) groups excluding carboxylic acids is 1. The Bertz CT molecular complexity index is 2200. The molecule has 52 heavy (non-hydrogen) atoms. The maximum absolute atomic E-state index is 13.7. The van der Waals surface area contributed by atoms with Crippen molar-refractivity contribution in [2.24, 2.45) is 4.99 Å². The number of carboxylic acids is 2. The average molecular weight is 757 g/mol. The van der Waals surface area contributed by atoms with Crippen LogP contribution in [0.15, 0.2) is 85.9 Å². The molecule has 0 radical (unpaired) electrons. The lowest BCUT2D eigenvalue weighted by Crippen LogP contribution is -2.31. The number of fused-ring (bicyclic) bond motifs is 2. The van der Waals surface area contributed by atoms with Crippen molar-refractivity contribution in [2.45, 2.75) is 98.7 Å². The van der Waals surface area contributed by atoms with E-state index in [-0.39, 0.29) is 39.5 Å². The van der Waals surface area contributed by atoms with Crippen molar-refractivity contribution in [1.29, 1.82) is 0 Å². The molecule has 2 aromatic rings. The van der Waals surface area contributed by atoms with Gasteiger partial charge in [0.2, 0.25) is 5.78 Å². The second-order valence-electron chi connectivity index (χ2n) is 13.7. The van der Waals surface area contributed by atoms with E-state index in [1.165, 1.54) is 48.6 Å². The molecule has 2 heterocycles. The van der Waals surface area contributed by atoms with Gasteiger partial charge in [0, 0.05) is 35.1 Å². The van der Waals surface area contributed by atoms with Crippen LogP contribution in [-0.4, -0.2) is 64.7 Å². The molecule has 14 nitrogen and oxygen atoms in total. The summed E-state index contributed by atoms with van der Waals surface area (Å²) in [6.45, 7) is 3.63. The summed E-state index contributed by atoms with van der Waals surface area (Å²) in [5, 5.41) is 32.5. The number of nitrogens with zero attached hydrogens (tertiary/aromatic N) is 1. The largest absolute Gasteiger partial charge is 0.506 e. The normalized spacial score (nSPS) is 22.6. The number of aliphatic imine (C=N–C) groups is 1. The predicted molar refractivity (Wildman–Crippen MR) is 190 cm³/mol. The SMILES string of the molecule is CC1(CCCCCC(=O)O)C(/C=C2/C(=O)C(C=C3Nc4ccc(S(=O)(=O)O)cc4C3(C)CCCCCC(=O)O)=C2O)=Nc2ccc(S(=O)(=O)O)cc21. The fourth-order valence-electron chi connectivity index (χ4n) is 7.06. The number of carboxylic acid groups (broad SMARTS) is 2. The van der Waals surface area contributed by atoms with Crippen molar-refractivity contribution in [2.75, 3.05) is 5.32 Å². The van der Waals surface area contributed by atoms with Gasteiger partial charge in [-0.1, -0.05) is 25.7 Å². The van der Waals surface area contributed by atoms with E-state index in [0.717, 1.165) is 0 Å². The number of benzene rings is 2. The third-order valence-electron chi connectivity index (χ3n) is 10.1. The van der Waals surface area contributed by atoms with Crippen LogP contribution in [0.5, 0.6) is 0 Å². The highest BCUT2D eigenvalue weighted by atomic mass is 32.2. The van der Waals surface area contributed by atoms with Crippen molar-refractivity contribution in [3.8, 4) is 0 Å². The quantitative estimate of drug-likeness (QED) is 0.0637. The lowest BCUT2D eigenvalue weighted by atomic mass is 9.73. The second kappa shape index (κ2) is 14.4. The van der Waals surface area contributed by atoms with Gasteiger partial charge in [0.05, 0.1) is 32.3 Å². The lowest BCUT2D eigenvalue weighted by Gasteiger charge is -2.29. The first-order valence-electron chi connectivity index (χ1n) is 16.7. The summed E-state index contributed by atoms with van der Waals surface area (Å²) in [6, 6.07) is 8.07. The van der Waals surface area contributed by atoms with Crippen molar-refractivity contribution in [3.63, 3.8) is 0 Å². The molecule has 0 fully saturated rings. The highest BCUT2D eigenvalue weighted by Crippen LogP contribution is 2.50. The molecule has 3 aliphatic rings. The molecule has 0 bridgehead atoms. The fraction of sp³-hybridized carbons (Fsp3) is 0.389. The van der Waals surface area contributed by atoms with Crippen molar-refractivity contribution < 1.29 is 55.6 Å². The van der Waals surface area contributed by atoms with Crippen LogP contribution in [0.1, 0.15) is 89.2 Å². The summed E-state index contributed by atoms with van der Waals surface area (Å²) in [4.78, 5) is 39.7. The van der Waals surface area contributed by atoms with E-state index in [2.05, 4.69) is 10.3 Å². The number of anilines is 1. The van der Waals surface area contributed by atoms with Crippen LogP contribution < -0.4 is 5.32 Å². The number of aliphatic hydroxyl groups excluding tert-OH is 1. The zero-order valence-corrected chi connectivity index (χ0v) is 30.2. The van der Waals surface area contributed by atoms with E-state index in [9.17, 15) is 45.4 Å². The third-order valence-corrected chi connectivity index (χ3v) is 11.8. The number of hydrogen-bond donors (Lipinski definition) is 6. The summed E-state index contributed by atoms with van der Waals surface area (Å²) in [7, 11) is -9.08. The highest BCUT2D eigenvalue weighted by Gasteiger charge is 2.44. The molecule has 2 atom stereocenters. The molecule has 0 amide bonds. The van der Waals surface area contributed by atoms with Crippen LogP contribution >= 0.6 is 0 Å². The first-order chi connectivity index (χ1) is 24.3. The van der Waals surface area contributed by atoms with Gasteiger partial charge in [-0.05, 0) is 99.2 Å². The predicted octanol–water partition coefficient (Wildman–Crippen LogP) is 6.18.